The highest BCUT2D eigenvalue weighted by atomic mass is 16.6. The van der Waals surface area contributed by atoms with Crippen LogP contribution < -0.4 is 0 Å². The molecule has 14 nitrogen and oxygen atoms in total. The molecule has 0 atom stereocenters. The van der Waals surface area contributed by atoms with Crippen molar-refractivity contribution in [3.05, 3.63) is 0 Å². The Morgan fingerprint density at radius 1 is 0.279 bits per heavy atom. The molecule has 0 aromatic heterocycles. The van der Waals surface area contributed by atoms with Crippen molar-refractivity contribution in [3.8, 4) is 0 Å². The maximum absolute atomic E-state index is 11.6. The molecule has 14 heteroatoms. The van der Waals surface area contributed by atoms with Gasteiger partial charge in [-0.05, 0) is 27.2 Å². The molecule has 0 aliphatic rings. The van der Waals surface area contributed by atoms with Gasteiger partial charge in [0.15, 0.2) is 0 Å². The summed E-state index contributed by atoms with van der Waals surface area (Å²) in [5, 5.41) is 0. The van der Waals surface area contributed by atoms with Crippen molar-refractivity contribution in [2.45, 2.75) is 142 Å². The number of carbonyl (C=O) groups excluding carboxylic acids is 1. The summed E-state index contributed by atoms with van der Waals surface area (Å²) in [5.74, 6) is -0.263. The van der Waals surface area contributed by atoms with E-state index in [1.165, 1.54) is 96.3 Å². The monoisotopic (exact) mass is 883 g/mol. The average molecular weight is 883 g/mol. The summed E-state index contributed by atoms with van der Waals surface area (Å²) in [6, 6.07) is 0. The van der Waals surface area contributed by atoms with Gasteiger partial charge in [0.25, 0.3) is 0 Å². The summed E-state index contributed by atoms with van der Waals surface area (Å²) in [5.41, 5.74) is -0.474. The van der Waals surface area contributed by atoms with E-state index < -0.39 is 5.60 Å². The molecule has 0 bridgehead atoms. The molecule has 0 N–H and O–H groups in total. The molecule has 0 rings (SSSR count). The molecule has 0 aromatic rings. The van der Waals surface area contributed by atoms with E-state index in [1.54, 1.807) is 0 Å². The predicted molar refractivity (Wildman–Crippen MR) is 240 cm³/mol. The van der Waals surface area contributed by atoms with Gasteiger partial charge in [0, 0.05) is 6.61 Å². The minimum absolute atomic E-state index is 0.233. The van der Waals surface area contributed by atoms with Crippen molar-refractivity contribution in [2.24, 2.45) is 0 Å². The Morgan fingerprint density at radius 3 is 0.705 bits per heavy atom. The Morgan fingerprint density at radius 2 is 0.475 bits per heavy atom. The Balaban J connectivity index is 3.09. The second-order valence-electron chi connectivity index (χ2n) is 16.0. The third-order valence-corrected chi connectivity index (χ3v) is 9.10. The number of esters is 1. The summed E-state index contributed by atoms with van der Waals surface area (Å²) in [6.07, 6.45) is 22.4. The van der Waals surface area contributed by atoms with Crippen molar-refractivity contribution in [1.29, 1.82) is 0 Å². The lowest BCUT2D eigenvalue weighted by atomic mass is 10.0. The number of unbranched alkanes of at least 4 members (excludes halogenated alkanes) is 15. The summed E-state index contributed by atoms with van der Waals surface area (Å²) < 4.78 is 71.4. The zero-order valence-corrected chi connectivity index (χ0v) is 39.7. The van der Waals surface area contributed by atoms with E-state index in [9.17, 15) is 4.79 Å². The van der Waals surface area contributed by atoms with Crippen LogP contribution in [0.25, 0.3) is 0 Å². The van der Waals surface area contributed by atoms with Crippen LogP contribution in [0.1, 0.15) is 137 Å². The Bertz CT molecular complexity index is 832. The van der Waals surface area contributed by atoms with Gasteiger partial charge < -0.3 is 61.6 Å². The Labute approximate surface area is 372 Å². The van der Waals surface area contributed by atoms with Gasteiger partial charge >= 0.3 is 5.97 Å². The lowest BCUT2D eigenvalue weighted by Crippen LogP contribution is -2.24. The van der Waals surface area contributed by atoms with Gasteiger partial charge in [0.05, 0.1) is 158 Å². The lowest BCUT2D eigenvalue weighted by Gasteiger charge is -2.19. The van der Waals surface area contributed by atoms with Gasteiger partial charge in [-0.3, -0.25) is 4.79 Å². The molecular weight excluding hydrogens is 789 g/mol. The van der Waals surface area contributed by atoms with E-state index in [-0.39, 0.29) is 12.4 Å². The minimum Gasteiger partial charge on any atom is -0.460 e. The average Bonchev–Trinajstić information content (AvgIpc) is 3.23. The first-order chi connectivity index (χ1) is 30.0. The molecule has 0 radical (unpaired) electrons. The lowest BCUT2D eigenvalue weighted by molar-refractivity contribution is -0.156. The highest BCUT2D eigenvalue weighted by Gasteiger charge is 2.15. The standard InChI is InChI=1S/C47H94O14/c1-5-6-7-8-9-10-11-12-13-14-15-16-17-18-19-20-22-49-24-26-51-28-30-53-32-34-55-36-38-57-40-42-59-44-45-60-43-41-58-39-37-56-35-33-54-31-29-52-27-25-50-23-21-46(48)61-47(2,3)4/h5-45H2,1-4H3. The van der Waals surface area contributed by atoms with Gasteiger partial charge in [-0.1, -0.05) is 103 Å². The Hall–Kier alpha value is -1.01. The molecule has 0 amide bonds. The van der Waals surface area contributed by atoms with Crippen molar-refractivity contribution in [3.63, 3.8) is 0 Å². The molecule has 0 aliphatic heterocycles. The van der Waals surface area contributed by atoms with Gasteiger partial charge in [0.2, 0.25) is 0 Å². The quantitative estimate of drug-likeness (QED) is 0.0429. The molecule has 0 unspecified atom stereocenters. The molecule has 0 aliphatic carbocycles. The third kappa shape index (κ3) is 57.0. The molecule has 0 aromatic carbocycles. The fourth-order valence-corrected chi connectivity index (χ4v) is 5.82. The SMILES string of the molecule is CCCCCCCCCCCCCCCCCCOCCOCCOCCOCCOCCOCCOCCOCCOCCOCCOCCOCCC(=O)OC(C)(C)C. The van der Waals surface area contributed by atoms with Crippen LogP contribution in [-0.4, -0.2) is 170 Å². The largest absolute Gasteiger partial charge is 0.460 e. The number of hydrogen-bond donors (Lipinski definition) is 0. The first-order valence-corrected chi connectivity index (χ1v) is 24.1. The molecule has 61 heavy (non-hydrogen) atoms. The molecule has 366 valence electrons. The Kier molecular flexibility index (Phi) is 50.8. The highest BCUT2D eigenvalue weighted by Crippen LogP contribution is 2.14. The van der Waals surface area contributed by atoms with Crippen LogP contribution in [0.3, 0.4) is 0 Å². The molecule has 0 saturated heterocycles. The summed E-state index contributed by atoms with van der Waals surface area (Å²) in [4.78, 5) is 11.6. The first-order valence-electron chi connectivity index (χ1n) is 24.1. The number of ether oxygens (including phenoxy) is 13. The van der Waals surface area contributed by atoms with Crippen LogP contribution >= 0.6 is 0 Å². The second kappa shape index (κ2) is 51.6. The van der Waals surface area contributed by atoms with Gasteiger partial charge in [0.1, 0.15) is 5.60 Å². The van der Waals surface area contributed by atoms with Crippen LogP contribution in [0.15, 0.2) is 0 Å². The maximum Gasteiger partial charge on any atom is 0.308 e. The molecule has 0 fully saturated rings. The van der Waals surface area contributed by atoms with E-state index in [0.29, 0.717) is 152 Å². The number of rotatable bonds is 53. The van der Waals surface area contributed by atoms with Crippen molar-refractivity contribution < 1.29 is 66.4 Å². The highest BCUT2D eigenvalue weighted by molar-refractivity contribution is 5.69. The predicted octanol–water partition coefficient (Wildman–Crippen LogP) is 8.18. The first kappa shape index (κ1) is 60.0. The van der Waals surface area contributed by atoms with Crippen molar-refractivity contribution in [1.82, 2.24) is 0 Å². The van der Waals surface area contributed by atoms with Crippen molar-refractivity contribution in [2.75, 3.05) is 159 Å². The topological polar surface area (TPSA) is 137 Å². The maximum atomic E-state index is 11.6. The smallest absolute Gasteiger partial charge is 0.308 e. The molecule has 0 saturated carbocycles. The summed E-state index contributed by atoms with van der Waals surface area (Å²) >= 11 is 0. The second-order valence-corrected chi connectivity index (χ2v) is 16.0. The van der Waals surface area contributed by atoms with Crippen LogP contribution in [0.5, 0.6) is 0 Å². The number of carbonyl (C=O) groups is 1. The van der Waals surface area contributed by atoms with Gasteiger partial charge in [-0.2, -0.15) is 0 Å². The van der Waals surface area contributed by atoms with Crippen LogP contribution in [0.4, 0.5) is 0 Å². The zero-order chi connectivity index (χ0) is 44.3. The van der Waals surface area contributed by atoms with Crippen LogP contribution in [0, 0.1) is 0 Å². The summed E-state index contributed by atoms with van der Waals surface area (Å²) in [7, 11) is 0. The van der Waals surface area contributed by atoms with Gasteiger partial charge in [-0.15, -0.1) is 0 Å². The molecule has 0 spiro atoms. The van der Waals surface area contributed by atoms with E-state index in [0.717, 1.165) is 13.0 Å². The molecular formula is C47H94O14. The summed E-state index contributed by atoms with van der Waals surface area (Å²) in [6.45, 7) is 20.2. The van der Waals surface area contributed by atoms with Crippen LogP contribution in [-0.2, 0) is 66.4 Å². The van der Waals surface area contributed by atoms with E-state index >= 15 is 0 Å². The molecule has 0 heterocycles. The van der Waals surface area contributed by atoms with E-state index in [4.69, 9.17) is 61.6 Å². The minimum atomic E-state index is -0.474. The third-order valence-electron chi connectivity index (χ3n) is 9.10. The number of hydrogen-bond acceptors (Lipinski definition) is 14. The normalized spacial score (nSPS) is 11.9. The van der Waals surface area contributed by atoms with Gasteiger partial charge in [-0.25, -0.2) is 0 Å². The van der Waals surface area contributed by atoms with Crippen molar-refractivity contribution >= 4 is 5.97 Å². The van der Waals surface area contributed by atoms with Crippen LogP contribution in [0.2, 0.25) is 0 Å². The van der Waals surface area contributed by atoms with E-state index in [2.05, 4.69) is 6.92 Å². The fraction of sp³-hybridized carbons (Fsp3) is 0.979. The fourth-order valence-electron chi connectivity index (χ4n) is 5.82. The van der Waals surface area contributed by atoms with E-state index in [1.807, 2.05) is 20.8 Å². The zero-order valence-electron chi connectivity index (χ0n) is 39.7.